The molecule has 1 heterocycles. The molecule has 0 radical (unpaired) electrons. The van der Waals surface area contributed by atoms with Crippen molar-refractivity contribution in [2.45, 2.75) is 6.04 Å². The lowest BCUT2D eigenvalue weighted by Gasteiger charge is -2.23. The van der Waals surface area contributed by atoms with E-state index in [0.717, 1.165) is 0 Å². The number of nitro benzene ring substituents is 1. The van der Waals surface area contributed by atoms with Gasteiger partial charge in [-0.3, -0.25) is 14.9 Å². The van der Waals surface area contributed by atoms with Crippen LogP contribution in [0.3, 0.4) is 0 Å². The van der Waals surface area contributed by atoms with Crippen LogP contribution in [0.2, 0.25) is 5.02 Å². The molecule has 2 N–H and O–H groups in total. The van der Waals surface area contributed by atoms with Gasteiger partial charge >= 0.3 is 0 Å². The molecule has 1 aliphatic rings. The van der Waals surface area contributed by atoms with Crippen LogP contribution in [0, 0.1) is 10.1 Å². The molecule has 0 spiro atoms. The fraction of sp³-hybridized carbons (Fsp3) is 0.417. The third kappa shape index (κ3) is 3.44. The van der Waals surface area contributed by atoms with Crippen LogP contribution < -0.4 is 10.6 Å². The van der Waals surface area contributed by atoms with Crippen LogP contribution in [0.25, 0.3) is 0 Å². The Kier molecular flexibility index (Phi) is 4.89. The lowest BCUT2D eigenvalue weighted by molar-refractivity contribution is -0.385. The maximum absolute atomic E-state index is 12.1. The zero-order valence-electron chi connectivity index (χ0n) is 10.6. The Balaban J connectivity index is 2.06. The van der Waals surface area contributed by atoms with E-state index in [0.29, 0.717) is 26.3 Å². The number of ether oxygens (including phenoxy) is 1. The van der Waals surface area contributed by atoms with Crippen molar-refractivity contribution < 1.29 is 14.5 Å². The standard InChI is InChI=1S/C12H14ClN3O4/c13-9-2-1-3-10(16(18)19)11(9)12(17)15-6-8-7-20-5-4-14-8/h1-3,8,14H,4-7H2,(H,15,17). The van der Waals surface area contributed by atoms with Gasteiger partial charge in [0.2, 0.25) is 0 Å². The molecule has 1 amide bonds. The predicted molar refractivity (Wildman–Crippen MR) is 73.0 cm³/mol. The van der Waals surface area contributed by atoms with Gasteiger partial charge in [0.05, 0.1) is 23.2 Å². The number of hydrogen-bond donors (Lipinski definition) is 2. The quantitative estimate of drug-likeness (QED) is 0.638. The van der Waals surface area contributed by atoms with Crippen LogP contribution in [0.15, 0.2) is 18.2 Å². The second kappa shape index (κ2) is 6.65. The zero-order valence-corrected chi connectivity index (χ0v) is 11.4. The molecule has 0 bridgehead atoms. The minimum absolute atomic E-state index is 0.00533. The van der Waals surface area contributed by atoms with Gasteiger partial charge in [-0.15, -0.1) is 0 Å². The molecule has 0 saturated carbocycles. The average Bonchev–Trinajstić information content (AvgIpc) is 2.45. The summed E-state index contributed by atoms with van der Waals surface area (Å²) < 4.78 is 5.26. The predicted octanol–water partition coefficient (Wildman–Crippen LogP) is 0.966. The second-order valence-corrected chi connectivity index (χ2v) is 4.73. The molecule has 1 atom stereocenters. The summed E-state index contributed by atoms with van der Waals surface area (Å²) >= 11 is 5.88. The lowest BCUT2D eigenvalue weighted by atomic mass is 10.1. The van der Waals surface area contributed by atoms with Crippen LogP contribution in [0.1, 0.15) is 10.4 Å². The Morgan fingerprint density at radius 1 is 1.60 bits per heavy atom. The molecule has 1 aliphatic heterocycles. The molecule has 1 fully saturated rings. The Morgan fingerprint density at radius 2 is 2.40 bits per heavy atom. The number of rotatable bonds is 4. The Bertz CT molecular complexity index is 517. The first kappa shape index (κ1) is 14.7. The molecule has 1 unspecified atom stereocenters. The Morgan fingerprint density at radius 3 is 3.05 bits per heavy atom. The summed E-state index contributed by atoms with van der Waals surface area (Å²) in [7, 11) is 0. The van der Waals surface area contributed by atoms with Crippen molar-refractivity contribution in [3.63, 3.8) is 0 Å². The summed E-state index contributed by atoms with van der Waals surface area (Å²) in [6.45, 7) is 2.17. The molecular weight excluding hydrogens is 286 g/mol. The Labute approximate surface area is 120 Å². The number of halogens is 1. The third-order valence-corrected chi connectivity index (χ3v) is 3.24. The van der Waals surface area contributed by atoms with Crippen molar-refractivity contribution in [1.82, 2.24) is 10.6 Å². The van der Waals surface area contributed by atoms with Crippen LogP contribution in [0.4, 0.5) is 5.69 Å². The molecule has 1 aromatic carbocycles. The van der Waals surface area contributed by atoms with Crippen molar-refractivity contribution in [3.05, 3.63) is 38.9 Å². The highest BCUT2D eigenvalue weighted by molar-refractivity contribution is 6.34. The second-order valence-electron chi connectivity index (χ2n) is 4.33. The first-order valence-corrected chi connectivity index (χ1v) is 6.49. The zero-order chi connectivity index (χ0) is 14.5. The number of nitrogens with one attached hydrogen (secondary N) is 2. The van der Waals surface area contributed by atoms with E-state index in [1.54, 1.807) is 0 Å². The Hall–Kier alpha value is -1.70. The number of nitrogens with zero attached hydrogens (tertiary/aromatic N) is 1. The van der Waals surface area contributed by atoms with Crippen LogP contribution in [-0.2, 0) is 4.74 Å². The van der Waals surface area contributed by atoms with Gasteiger partial charge in [-0.25, -0.2) is 0 Å². The lowest BCUT2D eigenvalue weighted by Crippen LogP contribution is -2.48. The summed E-state index contributed by atoms with van der Waals surface area (Å²) in [5.41, 5.74) is -0.418. The number of amides is 1. The molecule has 1 aromatic rings. The van der Waals surface area contributed by atoms with Crippen LogP contribution >= 0.6 is 11.6 Å². The minimum Gasteiger partial charge on any atom is -0.378 e. The molecule has 1 saturated heterocycles. The van der Waals surface area contributed by atoms with E-state index in [-0.39, 0.29) is 22.3 Å². The van der Waals surface area contributed by atoms with Gasteiger partial charge in [0.15, 0.2) is 0 Å². The van der Waals surface area contributed by atoms with E-state index in [1.807, 2.05) is 0 Å². The van der Waals surface area contributed by atoms with Crippen LogP contribution in [-0.4, -0.2) is 43.2 Å². The molecule has 0 aromatic heterocycles. The molecule has 20 heavy (non-hydrogen) atoms. The number of carbonyl (C=O) groups is 1. The van der Waals surface area contributed by atoms with Crippen molar-refractivity contribution >= 4 is 23.2 Å². The fourth-order valence-corrected chi connectivity index (χ4v) is 2.20. The number of morpholine rings is 1. The van der Waals surface area contributed by atoms with E-state index in [9.17, 15) is 14.9 Å². The molecule has 8 heteroatoms. The normalized spacial score (nSPS) is 18.6. The van der Waals surface area contributed by atoms with Gasteiger partial charge in [-0.05, 0) is 6.07 Å². The van der Waals surface area contributed by atoms with Crippen molar-refractivity contribution in [2.24, 2.45) is 0 Å². The average molecular weight is 300 g/mol. The first-order chi connectivity index (χ1) is 9.59. The van der Waals surface area contributed by atoms with E-state index in [1.165, 1.54) is 18.2 Å². The minimum atomic E-state index is -0.622. The molecular formula is C12H14ClN3O4. The van der Waals surface area contributed by atoms with E-state index in [2.05, 4.69) is 10.6 Å². The molecule has 2 rings (SSSR count). The highest BCUT2D eigenvalue weighted by atomic mass is 35.5. The largest absolute Gasteiger partial charge is 0.378 e. The van der Waals surface area contributed by atoms with Crippen molar-refractivity contribution in [2.75, 3.05) is 26.3 Å². The maximum atomic E-state index is 12.1. The smallest absolute Gasteiger partial charge is 0.283 e. The van der Waals surface area contributed by atoms with Gasteiger partial charge < -0.3 is 15.4 Å². The molecule has 108 valence electrons. The molecule has 7 nitrogen and oxygen atoms in total. The van der Waals surface area contributed by atoms with E-state index >= 15 is 0 Å². The number of benzene rings is 1. The fourth-order valence-electron chi connectivity index (χ4n) is 1.94. The number of hydrogen-bond acceptors (Lipinski definition) is 5. The summed E-state index contributed by atoms with van der Waals surface area (Å²) in [5, 5.41) is 16.8. The maximum Gasteiger partial charge on any atom is 0.283 e. The van der Waals surface area contributed by atoms with Crippen molar-refractivity contribution in [1.29, 1.82) is 0 Å². The summed E-state index contributed by atoms with van der Waals surface area (Å²) in [6, 6.07) is 4.14. The van der Waals surface area contributed by atoms with Gasteiger partial charge in [0.25, 0.3) is 11.6 Å². The molecule has 0 aliphatic carbocycles. The van der Waals surface area contributed by atoms with Gasteiger partial charge in [-0.1, -0.05) is 17.7 Å². The number of nitro groups is 1. The van der Waals surface area contributed by atoms with Crippen LogP contribution in [0.5, 0.6) is 0 Å². The van der Waals surface area contributed by atoms with E-state index in [4.69, 9.17) is 16.3 Å². The first-order valence-electron chi connectivity index (χ1n) is 6.12. The summed E-state index contributed by atoms with van der Waals surface area (Å²) in [5.74, 6) is -0.560. The van der Waals surface area contributed by atoms with Crippen molar-refractivity contribution in [3.8, 4) is 0 Å². The summed E-state index contributed by atoms with van der Waals surface area (Å²) in [6.07, 6.45) is 0. The summed E-state index contributed by atoms with van der Waals surface area (Å²) in [4.78, 5) is 22.4. The number of carbonyl (C=O) groups excluding carboxylic acids is 1. The SMILES string of the molecule is O=C(NCC1COCCN1)c1c(Cl)cccc1[N+](=O)[O-]. The topological polar surface area (TPSA) is 93.5 Å². The highest BCUT2D eigenvalue weighted by Crippen LogP contribution is 2.25. The highest BCUT2D eigenvalue weighted by Gasteiger charge is 2.24. The van der Waals surface area contributed by atoms with Gasteiger partial charge in [0, 0.05) is 25.2 Å². The van der Waals surface area contributed by atoms with Gasteiger partial charge in [-0.2, -0.15) is 0 Å². The van der Waals surface area contributed by atoms with Gasteiger partial charge in [0.1, 0.15) is 5.56 Å². The monoisotopic (exact) mass is 299 g/mol. The van der Waals surface area contributed by atoms with E-state index < -0.39 is 10.8 Å². The third-order valence-electron chi connectivity index (χ3n) is 2.92.